The number of rotatable bonds is 11. The number of anilines is 1. The van der Waals surface area contributed by atoms with E-state index in [0.717, 1.165) is 42.4 Å². The van der Waals surface area contributed by atoms with Crippen LogP contribution in [-0.2, 0) is 19.5 Å². The molecule has 2 atom stereocenters. The number of hydrogen-bond donors (Lipinski definition) is 0. The molecule has 0 aliphatic carbocycles. The molecular weight excluding hydrogens is 417 g/mol. The van der Waals surface area contributed by atoms with Crippen LogP contribution >= 0.6 is 12.0 Å². The average Bonchev–Trinajstić information content (AvgIpc) is 3.27. The van der Waals surface area contributed by atoms with E-state index in [1.807, 2.05) is 12.1 Å². The van der Waals surface area contributed by atoms with Gasteiger partial charge in [-0.25, -0.2) is 0 Å². The minimum absolute atomic E-state index is 0.0956. The quantitative estimate of drug-likeness (QED) is 0.123. The Morgan fingerprint density at radius 1 is 1.33 bits per heavy atom. The van der Waals surface area contributed by atoms with Gasteiger partial charge in [-0.1, -0.05) is 0 Å². The summed E-state index contributed by atoms with van der Waals surface area (Å²) in [4.78, 5) is 2.19. The summed E-state index contributed by atoms with van der Waals surface area (Å²) >= 11 is -0.368. The van der Waals surface area contributed by atoms with Gasteiger partial charge in [-0.2, -0.15) is 0 Å². The van der Waals surface area contributed by atoms with Crippen LogP contribution in [0.5, 0.6) is 0 Å². The summed E-state index contributed by atoms with van der Waals surface area (Å²) in [6, 6.07) is 8.19. The number of benzene rings is 1. The van der Waals surface area contributed by atoms with Crippen LogP contribution in [0.25, 0.3) is 0 Å². The fourth-order valence-electron chi connectivity index (χ4n) is 2.57. The van der Waals surface area contributed by atoms with Crippen LogP contribution in [0.3, 0.4) is 0 Å². The van der Waals surface area contributed by atoms with Crippen molar-refractivity contribution in [2.45, 2.75) is 23.3 Å². The molecule has 1 aliphatic heterocycles. The van der Waals surface area contributed by atoms with Gasteiger partial charge >= 0.3 is 151 Å². The summed E-state index contributed by atoms with van der Waals surface area (Å²) in [5.74, 6) is 0.390. The van der Waals surface area contributed by atoms with Gasteiger partial charge in [0.15, 0.2) is 0 Å². The van der Waals surface area contributed by atoms with Crippen LogP contribution in [0, 0.1) is 0 Å². The number of nitrogens with zero attached hydrogens (tertiary/aromatic N) is 1. The van der Waals surface area contributed by atoms with E-state index >= 15 is 0 Å². The zero-order valence-corrected chi connectivity index (χ0v) is 16.8. The minimum atomic E-state index is -4.11. The zero-order chi connectivity index (χ0) is 17.6. The van der Waals surface area contributed by atoms with E-state index in [0.29, 0.717) is 5.75 Å². The Hall–Kier alpha value is -0.282. The Kier molecular flexibility index (Phi) is 7.87. The molecule has 1 heterocycles. The molecule has 0 amide bonds. The van der Waals surface area contributed by atoms with Crippen molar-refractivity contribution >= 4 is 46.9 Å². The van der Waals surface area contributed by atoms with Gasteiger partial charge in [-0.15, -0.1) is 0 Å². The molecule has 24 heavy (non-hydrogen) atoms. The second-order valence-electron chi connectivity index (χ2n) is 5.49. The fraction of sp³-hybridized carbons (Fsp3) is 0.571. The summed E-state index contributed by atoms with van der Waals surface area (Å²) in [5.41, 5.74) is 1.08. The Morgan fingerprint density at radius 3 is 2.62 bits per heavy atom. The van der Waals surface area contributed by atoms with E-state index in [-0.39, 0.29) is 10.5 Å². The zero-order valence-electron chi connectivity index (χ0n) is 13.3. The first-order chi connectivity index (χ1) is 11.4. The topological polar surface area (TPSA) is 102 Å². The molecule has 1 aromatic carbocycles. The second-order valence-corrected chi connectivity index (χ2v) is 13.1. The summed E-state index contributed by atoms with van der Waals surface area (Å²) < 4.78 is 38.1. The first kappa shape index (κ1) is 20.0. The monoisotopic (exact) mass is 437 g/mol. The SMILES string of the molecule is CCCN(CCSOO[O-])c1ccc([As]2CC2CS(=O)(=O)[O-])cc1. The summed E-state index contributed by atoms with van der Waals surface area (Å²) in [5, 5.41) is 14.0. The van der Waals surface area contributed by atoms with E-state index in [1.165, 1.54) is 4.35 Å². The van der Waals surface area contributed by atoms with Crippen molar-refractivity contribution in [3.8, 4) is 0 Å². The molecule has 2 unspecified atom stereocenters. The molecule has 0 saturated carbocycles. The third kappa shape index (κ3) is 6.55. The summed E-state index contributed by atoms with van der Waals surface area (Å²) in [6.45, 7) is 3.70. The van der Waals surface area contributed by atoms with E-state index in [1.54, 1.807) is 0 Å². The molecule has 0 spiro atoms. The Morgan fingerprint density at radius 2 is 2.04 bits per heavy atom. The average molecular weight is 437 g/mol. The molecule has 0 radical (unpaired) electrons. The van der Waals surface area contributed by atoms with Gasteiger partial charge in [-0.3, -0.25) is 0 Å². The van der Waals surface area contributed by atoms with E-state index < -0.39 is 24.8 Å². The maximum absolute atomic E-state index is 10.8. The van der Waals surface area contributed by atoms with E-state index in [9.17, 15) is 18.2 Å². The molecule has 136 valence electrons. The molecule has 1 aromatic rings. The summed E-state index contributed by atoms with van der Waals surface area (Å²) in [7, 11) is -4.11. The normalized spacial score (nSPS) is 20.1. The standard InChI is InChI=1S/C14H22AsNO6S2/c1-2-7-16(8-9-23-22-21-17)14-5-3-12(4-6-14)15-10-13(15)11-24(18,19)20/h3-6,13,17H,2,7-11H2,1H3,(H,18,19,20)/p-2. The molecule has 0 N–H and O–H groups in total. The van der Waals surface area contributed by atoms with Crippen LogP contribution in [0.1, 0.15) is 13.3 Å². The second kappa shape index (κ2) is 9.43. The Bertz CT molecular complexity index is 612. The first-order valence-corrected chi connectivity index (χ1v) is 13.4. The van der Waals surface area contributed by atoms with Crippen LogP contribution in [0.15, 0.2) is 24.3 Å². The first-order valence-electron chi connectivity index (χ1n) is 7.58. The van der Waals surface area contributed by atoms with Gasteiger partial charge in [0.05, 0.1) is 0 Å². The van der Waals surface area contributed by atoms with Gasteiger partial charge in [0.25, 0.3) is 0 Å². The van der Waals surface area contributed by atoms with Gasteiger partial charge in [0.2, 0.25) is 0 Å². The van der Waals surface area contributed by atoms with Gasteiger partial charge in [-0.05, 0) is 0 Å². The number of hydrogen-bond acceptors (Lipinski definition) is 8. The van der Waals surface area contributed by atoms with Crippen molar-refractivity contribution in [2.75, 3.05) is 29.5 Å². The van der Waals surface area contributed by atoms with Crippen molar-refractivity contribution in [1.29, 1.82) is 0 Å². The van der Waals surface area contributed by atoms with E-state index in [2.05, 4.69) is 33.3 Å². The van der Waals surface area contributed by atoms with Crippen LogP contribution in [-0.4, -0.2) is 52.2 Å². The van der Waals surface area contributed by atoms with Crippen molar-refractivity contribution < 1.29 is 27.6 Å². The van der Waals surface area contributed by atoms with Gasteiger partial charge in [0.1, 0.15) is 0 Å². The third-order valence-electron chi connectivity index (χ3n) is 3.67. The molecule has 1 aliphatic rings. The molecule has 0 bridgehead atoms. The molecule has 0 aromatic heterocycles. The molecule has 7 nitrogen and oxygen atoms in total. The fourth-order valence-corrected chi connectivity index (χ4v) is 10.8. The maximum atomic E-state index is 10.8. The van der Waals surface area contributed by atoms with Crippen molar-refractivity contribution in [2.24, 2.45) is 0 Å². The predicted octanol–water partition coefficient (Wildman–Crippen LogP) is 0.406. The Balaban J connectivity index is 1.92. The van der Waals surface area contributed by atoms with E-state index in [4.69, 9.17) is 0 Å². The van der Waals surface area contributed by atoms with Gasteiger partial charge in [0, 0.05) is 0 Å². The molecule has 10 heteroatoms. The molecule has 1 fully saturated rings. The van der Waals surface area contributed by atoms with Crippen LogP contribution < -0.4 is 14.5 Å². The Labute approximate surface area is 151 Å². The third-order valence-corrected chi connectivity index (χ3v) is 10.9. The molecule has 2 rings (SSSR count). The van der Waals surface area contributed by atoms with Crippen molar-refractivity contribution in [3.05, 3.63) is 24.3 Å². The predicted molar refractivity (Wildman–Crippen MR) is 92.1 cm³/mol. The molecule has 1 saturated heterocycles. The van der Waals surface area contributed by atoms with Crippen LogP contribution in [0.2, 0.25) is 9.91 Å². The van der Waals surface area contributed by atoms with Crippen molar-refractivity contribution in [1.82, 2.24) is 0 Å². The van der Waals surface area contributed by atoms with Gasteiger partial charge < -0.3 is 0 Å². The van der Waals surface area contributed by atoms with Crippen molar-refractivity contribution in [3.63, 3.8) is 0 Å². The van der Waals surface area contributed by atoms with Crippen LogP contribution in [0.4, 0.5) is 5.69 Å². The molecular formula is C14H20AsNO6S2-2. The summed E-state index contributed by atoms with van der Waals surface area (Å²) in [6.07, 6.45) is 0.993.